The molecule has 1 atom stereocenters. The molecule has 0 saturated carbocycles. The van der Waals surface area contributed by atoms with Crippen LogP contribution in [0.4, 0.5) is 18.9 Å². The lowest BCUT2D eigenvalue weighted by atomic mass is 9.94. The number of alkyl halides is 3. The molecule has 0 bridgehead atoms. The number of allylic oxidation sites excluding steroid dienone is 2. The van der Waals surface area contributed by atoms with Crippen LogP contribution in [-0.4, -0.2) is 6.54 Å². The zero-order valence-corrected chi connectivity index (χ0v) is 11.9. The maximum absolute atomic E-state index is 12.6. The topological polar surface area (TPSA) is 12.0 Å². The summed E-state index contributed by atoms with van der Waals surface area (Å²) in [6.45, 7) is 0.699. The van der Waals surface area contributed by atoms with Crippen LogP contribution in [-0.2, 0) is 6.18 Å². The Labute approximate surface area is 119 Å². The fraction of sp³-hybridized carbons (Fsp3) is 0.429. The highest BCUT2D eigenvalue weighted by Crippen LogP contribution is 2.34. The minimum atomic E-state index is -4.30. The van der Waals surface area contributed by atoms with Crippen LogP contribution in [0.15, 0.2) is 34.8 Å². The average Bonchev–Trinajstić information content (AvgIpc) is 2.37. The van der Waals surface area contributed by atoms with Crippen LogP contribution in [0.3, 0.4) is 0 Å². The van der Waals surface area contributed by atoms with Crippen LogP contribution in [0, 0.1) is 5.92 Å². The van der Waals surface area contributed by atoms with Crippen molar-refractivity contribution in [1.29, 1.82) is 0 Å². The van der Waals surface area contributed by atoms with Crippen LogP contribution >= 0.6 is 15.9 Å². The van der Waals surface area contributed by atoms with Crippen molar-refractivity contribution in [2.45, 2.75) is 25.4 Å². The summed E-state index contributed by atoms with van der Waals surface area (Å²) >= 11 is 3.28. The number of hydrogen-bond donors (Lipinski definition) is 1. The maximum Gasteiger partial charge on any atom is 0.416 e. The molecular formula is C14H15BrF3N. The molecular weight excluding hydrogens is 319 g/mol. The quantitative estimate of drug-likeness (QED) is 0.746. The summed E-state index contributed by atoms with van der Waals surface area (Å²) in [5.41, 5.74) is -0.119. The number of anilines is 1. The third-order valence-electron chi connectivity index (χ3n) is 3.25. The third-order valence-corrected chi connectivity index (χ3v) is 3.94. The summed E-state index contributed by atoms with van der Waals surface area (Å²) in [5.74, 6) is 0.492. The zero-order valence-electron chi connectivity index (χ0n) is 10.3. The standard InChI is InChI=1S/C14H15BrF3N/c15-12-7-6-11(14(16,17)18)8-13(12)19-9-10-4-2-1-3-5-10/h1-2,6-8,10,19H,3-5,9H2. The van der Waals surface area contributed by atoms with Gasteiger partial charge in [-0.25, -0.2) is 0 Å². The van der Waals surface area contributed by atoms with E-state index >= 15 is 0 Å². The maximum atomic E-state index is 12.6. The lowest BCUT2D eigenvalue weighted by Gasteiger charge is -2.20. The third kappa shape index (κ3) is 4.00. The summed E-state index contributed by atoms with van der Waals surface area (Å²) in [4.78, 5) is 0. The van der Waals surface area contributed by atoms with Gasteiger partial charge in [0, 0.05) is 16.7 Å². The summed E-state index contributed by atoms with van der Waals surface area (Å²) in [6, 6.07) is 3.67. The van der Waals surface area contributed by atoms with E-state index in [1.165, 1.54) is 6.07 Å². The SMILES string of the molecule is FC(F)(F)c1ccc(Br)c(NCC2CC=CCC2)c1. The van der Waals surface area contributed by atoms with Crippen molar-refractivity contribution < 1.29 is 13.2 Å². The minimum absolute atomic E-state index is 0.492. The van der Waals surface area contributed by atoms with Gasteiger partial charge in [-0.2, -0.15) is 13.2 Å². The van der Waals surface area contributed by atoms with E-state index in [9.17, 15) is 13.2 Å². The number of hydrogen-bond acceptors (Lipinski definition) is 1. The van der Waals surface area contributed by atoms with Gasteiger partial charge in [-0.05, 0) is 59.3 Å². The van der Waals surface area contributed by atoms with Gasteiger partial charge in [0.2, 0.25) is 0 Å². The van der Waals surface area contributed by atoms with Gasteiger partial charge in [0.25, 0.3) is 0 Å². The molecule has 0 spiro atoms. The molecule has 104 valence electrons. The highest BCUT2D eigenvalue weighted by atomic mass is 79.9. The van der Waals surface area contributed by atoms with Gasteiger partial charge in [0.1, 0.15) is 0 Å². The number of halogens is 4. The molecule has 1 N–H and O–H groups in total. The van der Waals surface area contributed by atoms with E-state index in [-0.39, 0.29) is 0 Å². The molecule has 2 rings (SSSR count). The molecule has 5 heteroatoms. The molecule has 1 aromatic carbocycles. The normalized spacial score (nSPS) is 19.5. The van der Waals surface area contributed by atoms with Gasteiger partial charge in [0.15, 0.2) is 0 Å². The second kappa shape index (κ2) is 5.99. The summed E-state index contributed by atoms with van der Waals surface area (Å²) in [6.07, 6.45) is 3.11. The second-order valence-electron chi connectivity index (χ2n) is 4.72. The van der Waals surface area contributed by atoms with Crippen LogP contribution in [0.2, 0.25) is 0 Å². The lowest BCUT2D eigenvalue weighted by molar-refractivity contribution is -0.137. The fourth-order valence-corrected chi connectivity index (χ4v) is 2.52. The predicted octanol–water partition coefficient (Wildman–Crippen LogP) is 5.24. The number of benzene rings is 1. The van der Waals surface area contributed by atoms with Gasteiger partial charge in [-0.3, -0.25) is 0 Å². The van der Waals surface area contributed by atoms with Crippen LogP contribution in [0.25, 0.3) is 0 Å². The first-order valence-corrected chi connectivity index (χ1v) is 7.02. The molecule has 1 unspecified atom stereocenters. The van der Waals surface area contributed by atoms with Gasteiger partial charge in [0.05, 0.1) is 5.56 Å². The summed E-state index contributed by atoms with van der Waals surface area (Å²) in [7, 11) is 0. The predicted molar refractivity (Wildman–Crippen MR) is 74.1 cm³/mol. The molecule has 0 radical (unpaired) electrons. The van der Waals surface area contributed by atoms with Crippen molar-refractivity contribution in [2.24, 2.45) is 5.92 Å². The highest BCUT2D eigenvalue weighted by molar-refractivity contribution is 9.10. The summed E-state index contributed by atoms with van der Waals surface area (Å²) < 4.78 is 38.6. The van der Waals surface area contributed by atoms with E-state index in [1.807, 2.05) is 0 Å². The first kappa shape index (κ1) is 14.4. The van der Waals surface area contributed by atoms with E-state index < -0.39 is 11.7 Å². The van der Waals surface area contributed by atoms with E-state index in [4.69, 9.17) is 0 Å². The molecule has 1 aliphatic rings. The number of nitrogens with one attached hydrogen (secondary N) is 1. The van der Waals surface area contributed by atoms with Crippen LogP contribution < -0.4 is 5.32 Å². The highest BCUT2D eigenvalue weighted by Gasteiger charge is 2.30. The van der Waals surface area contributed by atoms with E-state index in [1.54, 1.807) is 0 Å². The monoisotopic (exact) mass is 333 g/mol. The molecule has 1 nitrogen and oxygen atoms in total. The van der Waals surface area contributed by atoms with E-state index in [2.05, 4.69) is 33.4 Å². The second-order valence-corrected chi connectivity index (χ2v) is 5.58. The molecule has 1 aromatic rings. The van der Waals surface area contributed by atoms with Crippen molar-refractivity contribution in [3.05, 3.63) is 40.4 Å². The van der Waals surface area contributed by atoms with Crippen LogP contribution in [0.5, 0.6) is 0 Å². The van der Waals surface area contributed by atoms with Gasteiger partial charge in [-0.1, -0.05) is 12.2 Å². The molecule has 0 fully saturated rings. The number of rotatable bonds is 3. The Morgan fingerprint density at radius 3 is 2.68 bits per heavy atom. The Bertz CT molecular complexity index is 468. The zero-order chi connectivity index (χ0) is 13.9. The molecule has 0 aliphatic heterocycles. The van der Waals surface area contributed by atoms with Crippen molar-refractivity contribution in [3.8, 4) is 0 Å². The van der Waals surface area contributed by atoms with Crippen molar-refractivity contribution in [2.75, 3.05) is 11.9 Å². The first-order chi connectivity index (χ1) is 8.97. The molecule has 19 heavy (non-hydrogen) atoms. The summed E-state index contributed by atoms with van der Waals surface area (Å²) in [5, 5.41) is 3.11. The molecule has 0 amide bonds. The lowest BCUT2D eigenvalue weighted by Crippen LogP contribution is -2.16. The van der Waals surface area contributed by atoms with Crippen molar-refractivity contribution >= 4 is 21.6 Å². The van der Waals surface area contributed by atoms with E-state index in [0.717, 1.165) is 31.4 Å². The Balaban J connectivity index is 2.04. The van der Waals surface area contributed by atoms with E-state index in [0.29, 0.717) is 22.6 Å². The van der Waals surface area contributed by atoms with Gasteiger partial charge >= 0.3 is 6.18 Å². The minimum Gasteiger partial charge on any atom is -0.384 e. The van der Waals surface area contributed by atoms with Crippen molar-refractivity contribution in [3.63, 3.8) is 0 Å². The van der Waals surface area contributed by atoms with Crippen LogP contribution in [0.1, 0.15) is 24.8 Å². The van der Waals surface area contributed by atoms with Crippen molar-refractivity contribution in [1.82, 2.24) is 0 Å². The Kier molecular flexibility index (Phi) is 4.55. The smallest absolute Gasteiger partial charge is 0.384 e. The first-order valence-electron chi connectivity index (χ1n) is 6.22. The average molecular weight is 334 g/mol. The van der Waals surface area contributed by atoms with Gasteiger partial charge in [-0.15, -0.1) is 0 Å². The molecule has 1 aliphatic carbocycles. The molecule has 0 aromatic heterocycles. The molecule has 0 heterocycles. The van der Waals surface area contributed by atoms with Gasteiger partial charge < -0.3 is 5.32 Å². The molecule has 0 saturated heterocycles. The Hall–Kier alpha value is -0.970. The largest absolute Gasteiger partial charge is 0.416 e. The fourth-order valence-electron chi connectivity index (χ4n) is 2.13. The Morgan fingerprint density at radius 2 is 2.05 bits per heavy atom. The Morgan fingerprint density at radius 1 is 1.26 bits per heavy atom.